The van der Waals surface area contributed by atoms with Crippen molar-refractivity contribution in [3.05, 3.63) is 77.1 Å². The monoisotopic (exact) mass is 812 g/mol. The Hall–Kier alpha value is -5.79. The van der Waals surface area contributed by atoms with E-state index in [0.717, 1.165) is 78.0 Å². The van der Waals surface area contributed by atoms with Crippen LogP contribution in [0.1, 0.15) is 74.8 Å². The van der Waals surface area contributed by atoms with Crippen molar-refractivity contribution in [2.45, 2.75) is 52.0 Å². The van der Waals surface area contributed by atoms with Gasteiger partial charge in [0, 0.05) is 64.0 Å². The molecule has 4 aromatic heterocycles. The summed E-state index contributed by atoms with van der Waals surface area (Å²) in [6.07, 6.45) is 7.58. The van der Waals surface area contributed by atoms with Crippen LogP contribution >= 0.6 is 23.1 Å². The number of ketones is 1. The average molecular weight is 813 g/mol. The number of rotatable bonds is 12. The third kappa shape index (κ3) is 10.7. The van der Waals surface area contributed by atoms with Gasteiger partial charge in [-0.15, -0.1) is 0 Å². The van der Waals surface area contributed by atoms with Crippen LogP contribution in [-0.2, 0) is 0 Å². The third-order valence-corrected chi connectivity index (χ3v) is 11.1. The number of benzene rings is 1. The van der Waals surface area contributed by atoms with E-state index in [1.54, 1.807) is 12.4 Å². The van der Waals surface area contributed by atoms with Crippen LogP contribution in [0.4, 0.5) is 39.0 Å². The number of aromatic nitrogens is 6. The van der Waals surface area contributed by atoms with Gasteiger partial charge in [-0.1, -0.05) is 0 Å². The molecular weight excluding hydrogens is 765 g/mol. The number of carbonyl (C=O) groups is 3. The number of nitrogens with two attached hydrogens (primary N) is 3. The van der Waals surface area contributed by atoms with E-state index in [0.29, 0.717) is 36.2 Å². The van der Waals surface area contributed by atoms with Crippen LogP contribution in [0.5, 0.6) is 0 Å². The number of amides is 2. The van der Waals surface area contributed by atoms with Crippen LogP contribution in [0.25, 0.3) is 0 Å². The van der Waals surface area contributed by atoms with E-state index in [1.807, 2.05) is 69.2 Å². The zero-order valence-corrected chi connectivity index (χ0v) is 34.1. The summed E-state index contributed by atoms with van der Waals surface area (Å²) in [5.41, 5.74) is 20.7. The number of piperidine rings is 2. The molecule has 0 saturated carbocycles. The van der Waals surface area contributed by atoms with Gasteiger partial charge >= 0.3 is 0 Å². The zero-order valence-electron chi connectivity index (χ0n) is 32.4. The van der Waals surface area contributed by atoms with Gasteiger partial charge in [-0.2, -0.15) is 8.75 Å². The van der Waals surface area contributed by atoms with E-state index >= 15 is 0 Å². The van der Waals surface area contributed by atoms with Gasteiger partial charge in [-0.3, -0.25) is 14.4 Å². The summed E-state index contributed by atoms with van der Waals surface area (Å²) in [6.45, 7) is 6.90. The largest absolute Gasteiger partial charge is 0.378 e. The van der Waals surface area contributed by atoms with Crippen LogP contribution in [-0.4, -0.2) is 92.6 Å². The van der Waals surface area contributed by atoms with Crippen LogP contribution in [0.3, 0.4) is 0 Å². The Kier molecular flexibility index (Phi) is 13.2. The summed E-state index contributed by atoms with van der Waals surface area (Å²) in [5.74, 6) is 1.09. The summed E-state index contributed by atoms with van der Waals surface area (Å²) in [7, 11) is 3.96. The van der Waals surface area contributed by atoms with Gasteiger partial charge in [0.05, 0.1) is 23.8 Å². The van der Waals surface area contributed by atoms with Crippen molar-refractivity contribution in [3.8, 4) is 0 Å². The molecule has 6 heterocycles. The number of nitrogens with zero attached hydrogens (tertiary/aromatic N) is 9. The van der Waals surface area contributed by atoms with E-state index in [2.05, 4.69) is 49.1 Å². The molecule has 5 aromatic rings. The SMILES string of the molecule is Cc1cc(Nc2nc(N3CCC[C@@H](CC(=O)c4ccc(N(C)C)cc4)C3)cnc2C(N)=O)sn1.Cc1cc(Nc2nc(N3CCC[C@@H](N)C3)cnc2C(N)=O)sn1. The van der Waals surface area contributed by atoms with E-state index < -0.39 is 11.8 Å². The summed E-state index contributed by atoms with van der Waals surface area (Å²) < 4.78 is 8.44. The number of aryl methyl sites for hydroxylation is 2. The molecule has 0 spiro atoms. The van der Waals surface area contributed by atoms with Gasteiger partial charge in [0.15, 0.2) is 28.8 Å². The van der Waals surface area contributed by atoms with Crippen molar-refractivity contribution in [1.82, 2.24) is 28.7 Å². The lowest BCUT2D eigenvalue weighted by atomic mass is 9.91. The van der Waals surface area contributed by atoms with Gasteiger partial charge < -0.3 is 42.5 Å². The predicted molar refractivity (Wildman–Crippen MR) is 225 cm³/mol. The molecule has 19 heteroatoms. The number of hydrogen-bond donors (Lipinski definition) is 5. The van der Waals surface area contributed by atoms with Crippen molar-refractivity contribution in [2.75, 3.05) is 65.6 Å². The number of nitrogens with one attached hydrogen (secondary N) is 2. The standard InChI is InChI=1S/C24H29N7O2S.C14H19N7OS/c1-15-11-21(34-29-15)28-24-22(23(25)33)26-13-20(27-24)31-10-4-5-16(14-31)12-19(32)17-6-8-18(9-7-17)30(2)3;1-8-5-11(23-20-8)19-14-12(13(16)22)17-6-10(18-14)21-4-2-3-9(15)7-21/h6-9,11,13,16H,4-5,10,12,14H2,1-3H3,(H2,25,33)(H,27,28);5-6,9H,2-4,7,15H2,1H3,(H2,16,22)(H,18,19)/t16-;9-/m01/s1. The Bertz CT molecular complexity index is 2190. The maximum absolute atomic E-state index is 12.9. The summed E-state index contributed by atoms with van der Waals surface area (Å²) in [6, 6.07) is 11.6. The molecule has 2 atom stereocenters. The molecule has 0 aliphatic carbocycles. The lowest BCUT2D eigenvalue weighted by Gasteiger charge is -2.33. The van der Waals surface area contributed by atoms with Gasteiger partial charge in [0.25, 0.3) is 11.8 Å². The van der Waals surface area contributed by atoms with E-state index in [-0.39, 0.29) is 29.1 Å². The van der Waals surface area contributed by atoms with Crippen LogP contribution in [0.2, 0.25) is 0 Å². The quantitative estimate of drug-likeness (QED) is 0.108. The molecule has 7 rings (SSSR count). The number of anilines is 7. The normalized spacial score (nSPS) is 16.6. The first-order chi connectivity index (χ1) is 27.3. The lowest BCUT2D eigenvalue weighted by molar-refractivity contribution is 0.0953. The second-order valence-electron chi connectivity index (χ2n) is 14.4. The lowest BCUT2D eigenvalue weighted by Crippen LogP contribution is -2.43. The number of carbonyl (C=O) groups excluding carboxylic acids is 3. The average Bonchev–Trinajstić information content (AvgIpc) is 3.80. The minimum Gasteiger partial charge on any atom is -0.378 e. The maximum atomic E-state index is 12.9. The molecule has 2 aliphatic heterocycles. The molecule has 0 radical (unpaired) electrons. The van der Waals surface area contributed by atoms with Crippen molar-refractivity contribution >= 4 is 79.6 Å². The Balaban J connectivity index is 0.000000208. The Morgan fingerprint density at radius 2 is 1.30 bits per heavy atom. The zero-order chi connectivity index (χ0) is 40.6. The van der Waals surface area contributed by atoms with Crippen molar-refractivity contribution in [1.29, 1.82) is 0 Å². The fourth-order valence-corrected chi connectivity index (χ4v) is 7.98. The van der Waals surface area contributed by atoms with E-state index in [4.69, 9.17) is 17.2 Å². The fourth-order valence-electron chi connectivity index (χ4n) is 6.66. The Morgan fingerprint density at radius 1 is 0.789 bits per heavy atom. The fraction of sp³-hybridized carbons (Fsp3) is 0.395. The smallest absolute Gasteiger partial charge is 0.271 e. The van der Waals surface area contributed by atoms with Crippen LogP contribution in [0.15, 0.2) is 48.8 Å². The van der Waals surface area contributed by atoms with Gasteiger partial charge in [-0.25, -0.2) is 19.9 Å². The van der Waals surface area contributed by atoms with Gasteiger partial charge in [0.2, 0.25) is 0 Å². The first-order valence-corrected chi connectivity index (χ1v) is 20.2. The molecule has 300 valence electrons. The van der Waals surface area contributed by atoms with Crippen LogP contribution < -0.4 is 42.5 Å². The van der Waals surface area contributed by atoms with Crippen LogP contribution in [0, 0.1) is 19.8 Å². The number of primary amides is 2. The highest BCUT2D eigenvalue weighted by Gasteiger charge is 2.26. The molecule has 17 nitrogen and oxygen atoms in total. The number of hydrogen-bond acceptors (Lipinski definition) is 17. The predicted octanol–water partition coefficient (Wildman–Crippen LogP) is 4.65. The molecule has 57 heavy (non-hydrogen) atoms. The molecule has 1 aromatic carbocycles. The highest BCUT2D eigenvalue weighted by Crippen LogP contribution is 2.29. The van der Waals surface area contributed by atoms with Crippen molar-refractivity contribution in [2.24, 2.45) is 23.1 Å². The van der Waals surface area contributed by atoms with Gasteiger partial charge in [0.1, 0.15) is 21.6 Å². The Morgan fingerprint density at radius 3 is 1.75 bits per heavy atom. The van der Waals surface area contributed by atoms with E-state index in [9.17, 15) is 14.4 Å². The van der Waals surface area contributed by atoms with Crippen molar-refractivity contribution in [3.63, 3.8) is 0 Å². The molecule has 2 amide bonds. The second kappa shape index (κ2) is 18.4. The maximum Gasteiger partial charge on any atom is 0.271 e. The molecular formula is C38H48N14O3S2. The minimum absolute atomic E-state index is 0.0831. The molecule has 0 bridgehead atoms. The van der Waals surface area contributed by atoms with E-state index in [1.165, 1.54) is 23.1 Å². The molecule has 2 fully saturated rings. The first-order valence-electron chi connectivity index (χ1n) is 18.6. The first kappa shape index (κ1) is 40.9. The minimum atomic E-state index is -0.648. The summed E-state index contributed by atoms with van der Waals surface area (Å²) in [5, 5.41) is 7.76. The van der Waals surface area contributed by atoms with Crippen molar-refractivity contribution < 1.29 is 14.4 Å². The third-order valence-electron chi connectivity index (χ3n) is 9.53. The summed E-state index contributed by atoms with van der Waals surface area (Å²) in [4.78, 5) is 60.2. The van der Waals surface area contributed by atoms with Gasteiger partial charge in [-0.05, 0) is 105 Å². The number of Topliss-reactive ketones (excluding diaryl/α,β-unsaturated/α-hetero) is 1. The molecule has 2 saturated heterocycles. The molecule has 0 unspecified atom stereocenters. The molecule has 8 N–H and O–H groups in total. The molecule has 2 aliphatic rings. The second-order valence-corrected chi connectivity index (χ2v) is 16.0. The highest BCUT2D eigenvalue weighted by atomic mass is 32.1. The summed E-state index contributed by atoms with van der Waals surface area (Å²) >= 11 is 2.57. The topological polar surface area (TPSA) is 240 Å². The highest BCUT2D eigenvalue weighted by molar-refractivity contribution is 7.10. The Labute approximate surface area is 339 Å².